The highest BCUT2D eigenvalue weighted by atomic mass is 79.9. The zero-order valence-corrected chi connectivity index (χ0v) is 12.9. The Hall–Kier alpha value is -1.11. The van der Waals surface area contributed by atoms with Crippen LogP contribution in [-0.2, 0) is 0 Å². The Kier molecular flexibility index (Phi) is 4.44. The number of nitrogens with zero attached hydrogens (tertiary/aromatic N) is 1. The minimum atomic E-state index is -0.119. The van der Waals surface area contributed by atoms with Gasteiger partial charge < -0.3 is 15.7 Å². The van der Waals surface area contributed by atoms with Crippen molar-refractivity contribution in [1.82, 2.24) is 4.90 Å². The second-order valence-electron chi connectivity index (χ2n) is 4.09. The molecule has 0 atom stereocenters. The van der Waals surface area contributed by atoms with Crippen molar-refractivity contribution in [3.63, 3.8) is 0 Å². The smallest absolute Gasteiger partial charge is 0.266 e. The number of benzene rings is 1. The third-order valence-corrected chi connectivity index (χ3v) is 4.59. The highest BCUT2D eigenvalue weighted by Crippen LogP contribution is 2.35. The normalized spacial score (nSPS) is 10.9. The number of rotatable bonds is 4. The predicted molar refractivity (Wildman–Crippen MR) is 82.6 cm³/mol. The Morgan fingerprint density at radius 3 is 2.89 bits per heavy atom. The summed E-state index contributed by atoms with van der Waals surface area (Å²) in [6, 6.07) is 5.79. The molecule has 0 aliphatic heterocycles. The quantitative estimate of drug-likeness (QED) is 0.897. The molecule has 1 amide bonds. The largest absolute Gasteiger partial charge is 0.397 e. The number of anilines is 1. The molecule has 2 rings (SSSR count). The molecule has 3 N–H and O–H groups in total. The van der Waals surface area contributed by atoms with Crippen molar-refractivity contribution in [2.75, 3.05) is 25.4 Å². The molecule has 19 heavy (non-hydrogen) atoms. The molecular formula is C13H15BrN2O2S. The first-order valence-electron chi connectivity index (χ1n) is 5.96. The molecule has 0 aliphatic carbocycles. The van der Waals surface area contributed by atoms with Gasteiger partial charge in [0.25, 0.3) is 5.91 Å². The van der Waals surface area contributed by atoms with E-state index < -0.39 is 0 Å². The van der Waals surface area contributed by atoms with E-state index in [1.165, 1.54) is 11.3 Å². The molecule has 2 aromatic rings. The molecule has 0 spiro atoms. The van der Waals surface area contributed by atoms with Crippen LogP contribution >= 0.6 is 27.3 Å². The van der Waals surface area contributed by atoms with Gasteiger partial charge in [-0.15, -0.1) is 11.3 Å². The van der Waals surface area contributed by atoms with Crippen LogP contribution in [0.5, 0.6) is 0 Å². The molecule has 1 heterocycles. The van der Waals surface area contributed by atoms with Crippen molar-refractivity contribution in [3.8, 4) is 0 Å². The lowest BCUT2D eigenvalue weighted by Crippen LogP contribution is -2.33. The number of nitrogen functional groups attached to an aromatic ring is 1. The van der Waals surface area contributed by atoms with E-state index in [2.05, 4.69) is 15.9 Å². The summed E-state index contributed by atoms with van der Waals surface area (Å²) in [5.74, 6) is -0.119. The number of hydrogen-bond acceptors (Lipinski definition) is 4. The molecule has 0 aliphatic rings. The van der Waals surface area contributed by atoms with Crippen LogP contribution in [-0.4, -0.2) is 35.6 Å². The van der Waals surface area contributed by atoms with Gasteiger partial charge in [-0.3, -0.25) is 4.79 Å². The van der Waals surface area contributed by atoms with Crippen LogP contribution in [0.15, 0.2) is 22.7 Å². The predicted octanol–water partition coefficient (Wildman–Crippen LogP) is 2.70. The van der Waals surface area contributed by atoms with Gasteiger partial charge in [0.15, 0.2) is 0 Å². The van der Waals surface area contributed by atoms with E-state index >= 15 is 0 Å². The third kappa shape index (κ3) is 2.75. The number of aliphatic hydroxyl groups is 1. The number of halogens is 1. The number of carbonyl (C=O) groups is 1. The Morgan fingerprint density at radius 2 is 2.26 bits per heavy atom. The van der Waals surface area contributed by atoms with E-state index in [-0.39, 0.29) is 12.5 Å². The van der Waals surface area contributed by atoms with Gasteiger partial charge in [0, 0.05) is 27.6 Å². The summed E-state index contributed by atoms with van der Waals surface area (Å²) in [4.78, 5) is 14.5. The summed E-state index contributed by atoms with van der Waals surface area (Å²) in [5, 5.41) is 9.87. The number of amides is 1. The van der Waals surface area contributed by atoms with Crippen molar-refractivity contribution in [3.05, 3.63) is 27.5 Å². The Labute approximate surface area is 124 Å². The highest BCUT2D eigenvalue weighted by Gasteiger charge is 2.20. The molecule has 4 nitrogen and oxygen atoms in total. The molecule has 0 saturated heterocycles. The maximum atomic E-state index is 12.4. The average molecular weight is 343 g/mol. The first kappa shape index (κ1) is 14.3. The third-order valence-electron chi connectivity index (χ3n) is 2.92. The van der Waals surface area contributed by atoms with Gasteiger partial charge in [-0.25, -0.2) is 0 Å². The number of aliphatic hydroxyl groups excluding tert-OH is 1. The first-order chi connectivity index (χ1) is 9.08. The number of carbonyl (C=O) groups excluding carboxylic acids is 1. The van der Waals surface area contributed by atoms with Gasteiger partial charge in [0.1, 0.15) is 4.88 Å². The zero-order valence-electron chi connectivity index (χ0n) is 10.5. The summed E-state index contributed by atoms with van der Waals surface area (Å²) < 4.78 is 1.93. The van der Waals surface area contributed by atoms with Gasteiger partial charge in [-0.05, 0) is 25.1 Å². The van der Waals surface area contributed by atoms with Crippen LogP contribution in [0.1, 0.15) is 16.6 Å². The standard InChI is InChI=1S/C13H15BrN2O2S/c1-2-16(5-6-17)13(18)12-11(15)9-7-8(14)3-4-10(9)19-12/h3-4,7,17H,2,5-6,15H2,1H3. The lowest BCUT2D eigenvalue weighted by molar-refractivity contribution is 0.0738. The first-order valence-corrected chi connectivity index (χ1v) is 7.57. The number of nitrogens with two attached hydrogens (primary N) is 1. The van der Waals surface area contributed by atoms with Crippen LogP contribution in [0.2, 0.25) is 0 Å². The van der Waals surface area contributed by atoms with E-state index in [0.29, 0.717) is 23.7 Å². The van der Waals surface area contributed by atoms with Gasteiger partial charge in [0.05, 0.1) is 12.3 Å². The summed E-state index contributed by atoms with van der Waals surface area (Å²) in [6.07, 6.45) is 0. The molecule has 6 heteroatoms. The van der Waals surface area contributed by atoms with Crippen molar-refractivity contribution in [2.45, 2.75) is 6.92 Å². The minimum Gasteiger partial charge on any atom is -0.397 e. The SMILES string of the molecule is CCN(CCO)C(=O)c1sc2ccc(Br)cc2c1N. The number of fused-ring (bicyclic) bond motifs is 1. The number of thiophene rings is 1. The fraction of sp³-hybridized carbons (Fsp3) is 0.308. The fourth-order valence-electron chi connectivity index (χ4n) is 1.92. The molecule has 0 bridgehead atoms. The lowest BCUT2D eigenvalue weighted by Gasteiger charge is -2.18. The molecule has 0 fully saturated rings. The van der Waals surface area contributed by atoms with Gasteiger partial charge >= 0.3 is 0 Å². The van der Waals surface area contributed by atoms with E-state index in [0.717, 1.165) is 14.6 Å². The second-order valence-corrected chi connectivity index (χ2v) is 6.06. The Balaban J connectivity index is 2.45. The number of hydrogen-bond donors (Lipinski definition) is 2. The van der Waals surface area contributed by atoms with Crippen molar-refractivity contribution in [1.29, 1.82) is 0 Å². The van der Waals surface area contributed by atoms with Crippen LogP contribution in [0.4, 0.5) is 5.69 Å². The maximum absolute atomic E-state index is 12.4. The topological polar surface area (TPSA) is 66.6 Å². The number of likely N-dealkylation sites (N-methyl/N-ethyl adjacent to an activating group) is 1. The van der Waals surface area contributed by atoms with Crippen LogP contribution < -0.4 is 5.73 Å². The fourth-order valence-corrected chi connectivity index (χ4v) is 3.35. The van der Waals surface area contributed by atoms with Gasteiger partial charge in [-0.2, -0.15) is 0 Å². The maximum Gasteiger partial charge on any atom is 0.266 e. The molecule has 0 radical (unpaired) electrons. The molecule has 0 unspecified atom stereocenters. The van der Waals surface area contributed by atoms with E-state index in [4.69, 9.17) is 10.8 Å². The van der Waals surface area contributed by atoms with Crippen molar-refractivity contribution in [2.24, 2.45) is 0 Å². The Bertz CT molecular complexity index is 612. The summed E-state index contributed by atoms with van der Waals surface area (Å²) >= 11 is 4.79. The molecule has 1 aromatic carbocycles. The molecular weight excluding hydrogens is 328 g/mol. The van der Waals surface area contributed by atoms with Crippen molar-refractivity contribution >= 4 is 48.9 Å². The van der Waals surface area contributed by atoms with E-state index in [1.807, 2.05) is 25.1 Å². The van der Waals surface area contributed by atoms with Gasteiger partial charge in [0.2, 0.25) is 0 Å². The average Bonchev–Trinajstić information content (AvgIpc) is 2.72. The zero-order chi connectivity index (χ0) is 14.0. The molecule has 1 aromatic heterocycles. The highest BCUT2D eigenvalue weighted by molar-refractivity contribution is 9.10. The van der Waals surface area contributed by atoms with Crippen molar-refractivity contribution < 1.29 is 9.90 Å². The van der Waals surface area contributed by atoms with Crippen LogP contribution in [0, 0.1) is 0 Å². The van der Waals surface area contributed by atoms with E-state index in [9.17, 15) is 4.79 Å². The summed E-state index contributed by atoms with van der Waals surface area (Å²) in [6.45, 7) is 2.72. The van der Waals surface area contributed by atoms with Gasteiger partial charge in [-0.1, -0.05) is 15.9 Å². The molecule has 0 saturated carbocycles. The monoisotopic (exact) mass is 342 g/mol. The van der Waals surface area contributed by atoms with Crippen LogP contribution in [0.3, 0.4) is 0 Å². The van der Waals surface area contributed by atoms with E-state index in [1.54, 1.807) is 4.90 Å². The van der Waals surface area contributed by atoms with Crippen LogP contribution in [0.25, 0.3) is 10.1 Å². The minimum absolute atomic E-state index is 0.0457. The second kappa shape index (κ2) is 5.90. The Morgan fingerprint density at radius 1 is 1.53 bits per heavy atom. The summed E-state index contributed by atoms with van der Waals surface area (Å²) in [5.41, 5.74) is 6.59. The lowest BCUT2D eigenvalue weighted by atomic mass is 10.2. The molecule has 102 valence electrons. The summed E-state index contributed by atoms with van der Waals surface area (Å²) in [7, 11) is 0.